The number of hydrogen-bond donors (Lipinski definition) is 1. The van der Waals surface area contributed by atoms with Crippen molar-refractivity contribution in [1.29, 1.82) is 0 Å². The van der Waals surface area contributed by atoms with Gasteiger partial charge in [-0.2, -0.15) is 18.3 Å². The molecule has 0 aliphatic rings. The van der Waals surface area contributed by atoms with E-state index in [4.69, 9.17) is 0 Å². The van der Waals surface area contributed by atoms with Crippen molar-refractivity contribution in [1.82, 2.24) is 15.2 Å². The highest BCUT2D eigenvalue weighted by molar-refractivity contribution is 5.73. The van der Waals surface area contributed by atoms with Gasteiger partial charge in [-0.15, -0.1) is 0 Å². The number of methoxy groups -OCH3 is 1. The lowest BCUT2D eigenvalue weighted by Gasteiger charge is -2.03. The van der Waals surface area contributed by atoms with Crippen molar-refractivity contribution < 1.29 is 22.7 Å². The number of rotatable bonds is 2. The van der Waals surface area contributed by atoms with E-state index in [1.54, 1.807) is 12.1 Å². The Morgan fingerprint density at radius 1 is 1.41 bits per heavy atom. The monoisotopic (exact) mass is 309 g/mol. The van der Waals surface area contributed by atoms with Crippen molar-refractivity contribution in [3.63, 3.8) is 0 Å². The topological polar surface area (TPSA) is 67.9 Å². The second-order valence-electron chi connectivity index (χ2n) is 4.17. The molecular weight excluding hydrogens is 299 g/mol. The molecule has 0 amide bonds. The van der Waals surface area contributed by atoms with Crippen LogP contribution in [0.5, 0.6) is 0 Å². The standard InChI is InChI=1S/C14H10F3N3O2/c1-22-13(21)7-9-3-2-6-18-11(9)4-5-12-10(8-19-20-12)14(15,16)17/h2-3,6,8H,7H2,1H3,(H,19,20). The summed E-state index contributed by atoms with van der Waals surface area (Å²) >= 11 is 0. The van der Waals surface area contributed by atoms with Gasteiger partial charge in [-0.3, -0.25) is 9.89 Å². The molecule has 8 heteroatoms. The molecule has 0 saturated heterocycles. The minimum Gasteiger partial charge on any atom is -0.469 e. The summed E-state index contributed by atoms with van der Waals surface area (Å²) in [6, 6.07) is 3.20. The van der Waals surface area contributed by atoms with Gasteiger partial charge in [0.2, 0.25) is 0 Å². The number of hydrogen-bond acceptors (Lipinski definition) is 4. The minimum absolute atomic E-state index is 0.0660. The highest BCUT2D eigenvalue weighted by atomic mass is 19.4. The third kappa shape index (κ3) is 3.63. The number of nitrogens with one attached hydrogen (secondary N) is 1. The van der Waals surface area contributed by atoms with Crippen molar-refractivity contribution in [3.8, 4) is 11.8 Å². The van der Waals surface area contributed by atoms with E-state index < -0.39 is 17.7 Å². The molecule has 0 unspecified atom stereocenters. The Labute approximate surface area is 123 Å². The molecule has 22 heavy (non-hydrogen) atoms. The van der Waals surface area contributed by atoms with Crippen LogP contribution in [0.15, 0.2) is 24.5 Å². The SMILES string of the molecule is COC(=O)Cc1cccnc1C#Cc1[nH]ncc1C(F)(F)F. The second kappa shape index (κ2) is 6.30. The fourth-order valence-electron chi connectivity index (χ4n) is 1.64. The fourth-order valence-corrected chi connectivity index (χ4v) is 1.64. The molecule has 2 aromatic heterocycles. The molecule has 2 rings (SSSR count). The maximum atomic E-state index is 12.7. The zero-order chi connectivity index (χ0) is 16.2. The Balaban J connectivity index is 2.34. The number of nitrogens with zero attached hydrogens (tertiary/aromatic N) is 2. The van der Waals surface area contributed by atoms with Gasteiger partial charge in [0, 0.05) is 6.20 Å². The molecular formula is C14H10F3N3O2. The first-order chi connectivity index (χ1) is 10.4. The van der Waals surface area contributed by atoms with E-state index in [0.717, 1.165) is 0 Å². The van der Waals surface area contributed by atoms with E-state index in [1.165, 1.54) is 13.3 Å². The molecule has 0 bridgehead atoms. The molecule has 0 aliphatic carbocycles. The first-order valence-electron chi connectivity index (χ1n) is 6.05. The maximum Gasteiger partial charge on any atom is 0.420 e. The van der Waals surface area contributed by atoms with E-state index >= 15 is 0 Å². The lowest BCUT2D eigenvalue weighted by Crippen LogP contribution is -2.07. The number of H-pyrrole nitrogens is 1. The molecule has 0 aromatic carbocycles. The van der Waals surface area contributed by atoms with Gasteiger partial charge >= 0.3 is 12.1 Å². The van der Waals surface area contributed by atoms with Crippen LogP contribution in [0.25, 0.3) is 0 Å². The summed E-state index contributed by atoms with van der Waals surface area (Å²) in [5.74, 6) is 4.37. The third-order valence-corrected chi connectivity index (χ3v) is 2.70. The van der Waals surface area contributed by atoms with E-state index in [1.807, 2.05) is 0 Å². The molecule has 0 fully saturated rings. The molecule has 0 atom stereocenters. The molecule has 0 spiro atoms. The van der Waals surface area contributed by atoms with E-state index in [0.29, 0.717) is 11.8 Å². The Morgan fingerprint density at radius 2 is 2.18 bits per heavy atom. The smallest absolute Gasteiger partial charge is 0.420 e. The van der Waals surface area contributed by atoms with E-state index in [2.05, 4.69) is 31.8 Å². The average molecular weight is 309 g/mol. The zero-order valence-corrected chi connectivity index (χ0v) is 11.4. The lowest BCUT2D eigenvalue weighted by atomic mass is 10.1. The summed E-state index contributed by atoms with van der Waals surface area (Å²) in [7, 11) is 1.24. The summed E-state index contributed by atoms with van der Waals surface area (Å²) in [5, 5.41) is 5.53. The number of ether oxygens (including phenoxy) is 1. The Hall–Kier alpha value is -2.82. The third-order valence-electron chi connectivity index (χ3n) is 2.70. The number of aromatic amines is 1. The molecule has 5 nitrogen and oxygen atoms in total. The van der Waals surface area contributed by atoms with Crippen LogP contribution in [0.3, 0.4) is 0 Å². The van der Waals surface area contributed by atoms with Crippen molar-refractivity contribution in [3.05, 3.63) is 47.0 Å². The molecule has 0 radical (unpaired) electrons. The normalized spacial score (nSPS) is 10.7. The van der Waals surface area contributed by atoms with Crippen LogP contribution in [0.2, 0.25) is 0 Å². The maximum absolute atomic E-state index is 12.7. The first kappa shape index (κ1) is 15.6. The average Bonchev–Trinajstić information content (AvgIpc) is 2.95. The summed E-state index contributed by atoms with van der Waals surface area (Å²) in [5.41, 5.74) is -0.641. The zero-order valence-electron chi connectivity index (χ0n) is 11.4. The number of carbonyl (C=O) groups is 1. The minimum atomic E-state index is -4.55. The van der Waals surface area contributed by atoms with Gasteiger partial charge in [0.25, 0.3) is 0 Å². The first-order valence-corrected chi connectivity index (χ1v) is 6.05. The van der Waals surface area contributed by atoms with Crippen LogP contribution in [0, 0.1) is 11.8 Å². The highest BCUT2D eigenvalue weighted by Gasteiger charge is 2.34. The number of carbonyl (C=O) groups excluding carboxylic acids is 1. The number of pyridine rings is 1. The Kier molecular flexibility index (Phi) is 4.46. The van der Waals surface area contributed by atoms with Crippen molar-refractivity contribution in [2.45, 2.75) is 12.6 Å². The van der Waals surface area contributed by atoms with E-state index in [-0.39, 0.29) is 17.8 Å². The van der Waals surface area contributed by atoms with Gasteiger partial charge in [-0.25, -0.2) is 4.98 Å². The number of esters is 1. The quantitative estimate of drug-likeness (QED) is 0.680. The highest BCUT2D eigenvalue weighted by Crippen LogP contribution is 2.30. The van der Waals surface area contributed by atoms with Crippen LogP contribution in [-0.4, -0.2) is 28.3 Å². The van der Waals surface area contributed by atoms with Crippen LogP contribution in [0.1, 0.15) is 22.5 Å². The van der Waals surface area contributed by atoms with Crippen molar-refractivity contribution >= 4 is 5.97 Å². The molecule has 1 N–H and O–H groups in total. The van der Waals surface area contributed by atoms with Crippen molar-refractivity contribution in [2.24, 2.45) is 0 Å². The van der Waals surface area contributed by atoms with Gasteiger partial charge in [0.1, 0.15) is 17.0 Å². The fraction of sp³-hybridized carbons (Fsp3) is 0.214. The van der Waals surface area contributed by atoms with Gasteiger partial charge in [-0.1, -0.05) is 6.07 Å². The summed E-state index contributed by atoms with van der Waals surface area (Å²) in [4.78, 5) is 15.2. The van der Waals surface area contributed by atoms with Crippen LogP contribution in [0.4, 0.5) is 13.2 Å². The van der Waals surface area contributed by atoms with E-state index in [9.17, 15) is 18.0 Å². The summed E-state index contributed by atoms with van der Waals surface area (Å²) < 4.78 is 42.6. The predicted molar refractivity (Wildman–Crippen MR) is 69.5 cm³/mol. The second-order valence-corrected chi connectivity index (χ2v) is 4.17. The number of alkyl halides is 3. The van der Waals surface area contributed by atoms with Gasteiger partial charge in [0.05, 0.1) is 19.7 Å². The summed E-state index contributed by atoms with van der Waals surface area (Å²) in [6.07, 6.45) is -2.51. The van der Waals surface area contributed by atoms with Gasteiger partial charge in [0.15, 0.2) is 0 Å². The van der Waals surface area contributed by atoms with Crippen LogP contribution >= 0.6 is 0 Å². The predicted octanol–water partition coefficient (Wildman–Crippen LogP) is 1.94. The molecule has 114 valence electrons. The number of halogens is 3. The molecule has 2 heterocycles. The van der Waals surface area contributed by atoms with Gasteiger partial charge in [-0.05, 0) is 23.5 Å². The Morgan fingerprint density at radius 3 is 2.86 bits per heavy atom. The van der Waals surface area contributed by atoms with Crippen LogP contribution < -0.4 is 0 Å². The largest absolute Gasteiger partial charge is 0.469 e. The van der Waals surface area contributed by atoms with Crippen molar-refractivity contribution in [2.75, 3.05) is 7.11 Å². The molecule has 0 saturated carbocycles. The summed E-state index contributed by atoms with van der Waals surface area (Å²) in [6.45, 7) is 0. The number of aromatic nitrogens is 3. The van der Waals surface area contributed by atoms with Gasteiger partial charge < -0.3 is 4.74 Å². The lowest BCUT2D eigenvalue weighted by molar-refractivity contribution is -0.140. The molecule has 2 aromatic rings. The Bertz CT molecular complexity index is 742. The van der Waals surface area contributed by atoms with Crippen LogP contribution in [-0.2, 0) is 22.1 Å². The molecule has 0 aliphatic heterocycles.